The molecule has 26 heavy (non-hydrogen) atoms. The van der Waals surface area contributed by atoms with Gasteiger partial charge in [-0.05, 0) is 24.6 Å². The van der Waals surface area contributed by atoms with Crippen molar-refractivity contribution in [3.63, 3.8) is 0 Å². The average molecular weight is 375 g/mol. The van der Waals surface area contributed by atoms with Gasteiger partial charge in [0.1, 0.15) is 0 Å². The molecule has 3 rings (SSSR count). The van der Waals surface area contributed by atoms with E-state index in [2.05, 4.69) is 4.90 Å². The van der Waals surface area contributed by atoms with Gasteiger partial charge in [0.2, 0.25) is 10.0 Å². The Morgan fingerprint density at radius 3 is 2.27 bits per heavy atom. The van der Waals surface area contributed by atoms with Crippen LogP contribution in [0.5, 0.6) is 0 Å². The van der Waals surface area contributed by atoms with Gasteiger partial charge in [-0.25, -0.2) is 8.42 Å². The van der Waals surface area contributed by atoms with Crippen LogP contribution >= 0.6 is 0 Å². The van der Waals surface area contributed by atoms with Crippen LogP contribution in [0.3, 0.4) is 0 Å². The van der Waals surface area contributed by atoms with Gasteiger partial charge in [0.05, 0.1) is 9.82 Å². The Hall–Kier alpha value is -2.29. The van der Waals surface area contributed by atoms with Crippen LogP contribution in [0.25, 0.3) is 0 Å². The van der Waals surface area contributed by atoms with Crippen LogP contribution in [0.2, 0.25) is 0 Å². The first-order valence-corrected chi connectivity index (χ1v) is 9.87. The van der Waals surface area contributed by atoms with E-state index in [1.165, 1.54) is 10.4 Å². The highest BCUT2D eigenvalue weighted by Gasteiger charge is 2.30. The van der Waals surface area contributed by atoms with Crippen molar-refractivity contribution in [2.75, 3.05) is 26.2 Å². The molecule has 138 valence electrons. The number of nitro benzene ring substituents is 1. The molecule has 0 bridgehead atoms. The van der Waals surface area contributed by atoms with Crippen molar-refractivity contribution < 1.29 is 13.3 Å². The molecule has 1 unspecified atom stereocenters. The molecular weight excluding hydrogens is 354 g/mol. The summed E-state index contributed by atoms with van der Waals surface area (Å²) in [6.07, 6.45) is 0. The minimum absolute atomic E-state index is 0.0171. The van der Waals surface area contributed by atoms with E-state index in [1.54, 1.807) is 42.5 Å². The van der Waals surface area contributed by atoms with E-state index in [0.717, 1.165) is 5.56 Å². The molecule has 7 nitrogen and oxygen atoms in total. The molecule has 1 saturated heterocycles. The molecule has 0 spiro atoms. The van der Waals surface area contributed by atoms with Crippen molar-refractivity contribution in [1.82, 2.24) is 9.21 Å². The Kier molecular flexibility index (Phi) is 5.36. The lowest BCUT2D eigenvalue weighted by molar-refractivity contribution is -0.385. The molecule has 0 radical (unpaired) electrons. The normalized spacial score (nSPS) is 17.7. The minimum atomic E-state index is -3.48. The van der Waals surface area contributed by atoms with Gasteiger partial charge in [-0.3, -0.25) is 15.0 Å². The fourth-order valence-corrected chi connectivity index (χ4v) is 4.63. The van der Waals surface area contributed by atoms with E-state index in [0.29, 0.717) is 31.1 Å². The molecule has 0 aliphatic carbocycles. The largest absolute Gasteiger partial charge is 0.294 e. The van der Waals surface area contributed by atoms with Gasteiger partial charge in [-0.2, -0.15) is 4.31 Å². The highest BCUT2D eigenvalue weighted by molar-refractivity contribution is 7.89. The molecule has 8 heteroatoms. The number of hydrogen-bond donors (Lipinski definition) is 0. The second-order valence-electron chi connectivity index (χ2n) is 6.28. The monoisotopic (exact) mass is 375 g/mol. The number of hydrogen-bond acceptors (Lipinski definition) is 5. The molecule has 0 saturated carbocycles. The van der Waals surface area contributed by atoms with Crippen LogP contribution < -0.4 is 0 Å². The van der Waals surface area contributed by atoms with Gasteiger partial charge in [0.15, 0.2) is 0 Å². The zero-order valence-electron chi connectivity index (χ0n) is 14.5. The summed E-state index contributed by atoms with van der Waals surface area (Å²) in [6, 6.07) is 15.0. The highest BCUT2D eigenvalue weighted by atomic mass is 32.2. The summed E-state index contributed by atoms with van der Waals surface area (Å²) in [5.41, 5.74) is 0.929. The van der Waals surface area contributed by atoms with E-state index < -0.39 is 14.9 Å². The van der Waals surface area contributed by atoms with Gasteiger partial charge in [0, 0.05) is 44.4 Å². The summed E-state index contributed by atoms with van der Waals surface area (Å²) >= 11 is 0. The quantitative estimate of drug-likeness (QED) is 0.593. The summed E-state index contributed by atoms with van der Waals surface area (Å²) in [6.45, 7) is 3.94. The van der Waals surface area contributed by atoms with Crippen LogP contribution in [0.4, 0.5) is 5.69 Å². The van der Waals surface area contributed by atoms with E-state index in [-0.39, 0.29) is 11.7 Å². The first kappa shape index (κ1) is 18.5. The summed E-state index contributed by atoms with van der Waals surface area (Å²) in [7, 11) is -3.48. The minimum Gasteiger partial charge on any atom is -0.294 e. The van der Waals surface area contributed by atoms with Crippen molar-refractivity contribution in [1.29, 1.82) is 0 Å². The van der Waals surface area contributed by atoms with E-state index >= 15 is 0 Å². The molecule has 0 N–H and O–H groups in total. The Bertz CT molecular complexity index is 878. The Labute approximate surface area is 153 Å². The second-order valence-corrected chi connectivity index (χ2v) is 8.22. The molecule has 1 heterocycles. The van der Waals surface area contributed by atoms with E-state index in [4.69, 9.17) is 0 Å². The Morgan fingerprint density at radius 1 is 1.00 bits per heavy atom. The maximum atomic E-state index is 12.7. The van der Waals surface area contributed by atoms with Gasteiger partial charge in [-0.15, -0.1) is 0 Å². The zero-order chi connectivity index (χ0) is 18.7. The van der Waals surface area contributed by atoms with Crippen molar-refractivity contribution in [3.05, 3.63) is 70.3 Å². The van der Waals surface area contributed by atoms with Crippen LogP contribution in [-0.2, 0) is 10.0 Å². The predicted molar refractivity (Wildman–Crippen MR) is 98.3 cm³/mol. The lowest BCUT2D eigenvalue weighted by atomic mass is 10.1. The first-order chi connectivity index (χ1) is 12.4. The number of non-ortho nitro benzene ring substituents is 1. The van der Waals surface area contributed by atoms with E-state index in [1.807, 2.05) is 13.0 Å². The molecule has 1 aliphatic heterocycles. The number of nitrogens with zero attached hydrogens (tertiary/aromatic N) is 3. The molecule has 1 aliphatic rings. The number of sulfonamides is 1. The Balaban J connectivity index is 1.69. The topological polar surface area (TPSA) is 83.8 Å². The second kappa shape index (κ2) is 7.53. The van der Waals surface area contributed by atoms with Crippen molar-refractivity contribution in [3.8, 4) is 0 Å². The third-order valence-corrected chi connectivity index (χ3v) is 6.68. The van der Waals surface area contributed by atoms with Gasteiger partial charge in [-0.1, -0.05) is 30.3 Å². The smallest absolute Gasteiger partial charge is 0.269 e. The standard InChI is InChI=1S/C18H21N3O4S/c1-15(16-6-5-7-17(14-16)21(22)23)19-10-12-20(13-11-19)26(24,25)18-8-3-2-4-9-18/h2-9,14-15H,10-13H2,1H3. The lowest BCUT2D eigenvalue weighted by Gasteiger charge is -2.37. The molecule has 0 amide bonds. The van der Waals surface area contributed by atoms with Gasteiger partial charge < -0.3 is 0 Å². The van der Waals surface area contributed by atoms with Crippen molar-refractivity contribution >= 4 is 15.7 Å². The molecular formula is C18H21N3O4S. The van der Waals surface area contributed by atoms with Gasteiger partial charge >= 0.3 is 0 Å². The number of rotatable bonds is 5. The Morgan fingerprint density at radius 2 is 1.65 bits per heavy atom. The van der Waals surface area contributed by atoms with Crippen LogP contribution in [0.1, 0.15) is 18.5 Å². The predicted octanol–water partition coefficient (Wildman–Crippen LogP) is 2.66. The number of benzene rings is 2. The van der Waals surface area contributed by atoms with Gasteiger partial charge in [0.25, 0.3) is 5.69 Å². The fourth-order valence-electron chi connectivity index (χ4n) is 3.18. The molecule has 1 fully saturated rings. The van der Waals surface area contributed by atoms with Crippen LogP contribution in [-0.4, -0.2) is 48.7 Å². The zero-order valence-corrected chi connectivity index (χ0v) is 15.3. The first-order valence-electron chi connectivity index (χ1n) is 8.43. The molecule has 2 aromatic rings. The summed E-state index contributed by atoms with van der Waals surface area (Å²) in [5, 5.41) is 11.0. The van der Waals surface area contributed by atoms with Crippen molar-refractivity contribution in [2.45, 2.75) is 17.9 Å². The summed E-state index contributed by atoms with van der Waals surface area (Å²) in [4.78, 5) is 13.0. The SMILES string of the molecule is CC(c1cccc([N+](=O)[O-])c1)N1CCN(S(=O)(=O)c2ccccc2)CC1. The lowest BCUT2D eigenvalue weighted by Crippen LogP contribution is -2.49. The van der Waals surface area contributed by atoms with E-state index in [9.17, 15) is 18.5 Å². The average Bonchev–Trinajstić information content (AvgIpc) is 2.68. The third-order valence-electron chi connectivity index (χ3n) is 4.77. The molecule has 1 atom stereocenters. The maximum absolute atomic E-state index is 12.7. The van der Waals surface area contributed by atoms with Crippen LogP contribution in [0.15, 0.2) is 59.5 Å². The van der Waals surface area contributed by atoms with Crippen molar-refractivity contribution in [2.24, 2.45) is 0 Å². The van der Waals surface area contributed by atoms with Crippen LogP contribution in [0, 0.1) is 10.1 Å². The highest BCUT2D eigenvalue weighted by Crippen LogP contribution is 2.26. The number of nitro groups is 1. The maximum Gasteiger partial charge on any atom is 0.269 e. The fraction of sp³-hybridized carbons (Fsp3) is 0.333. The third kappa shape index (κ3) is 3.77. The number of piperazine rings is 1. The molecule has 0 aromatic heterocycles. The summed E-state index contributed by atoms with van der Waals surface area (Å²) < 4.78 is 26.9. The summed E-state index contributed by atoms with van der Waals surface area (Å²) in [5.74, 6) is 0. The molecule has 2 aromatic carbocycles.